The highest BCUT2D eigenvalue weighted by Gasteiger charge is 2.30. The van der Waals surface area contributed by atoms with Crippen LogP contribution in [0.4, 0.5) is 16.3 Å². The first-order chi connectivity index (χ1) is 18.4. The Morgan fingerprint density at radius 3 is 2.68 bits per heavy atom. The van der Waals surface area contributed by atoms with Crippen molar-refractivity contribution in [3.8, 4) is 6.01 Å². The van der Waals surface area contributed by atoms with Crippen LogP contribution >= 0.6 is 0 Å². The minimum atomic E-state index is -0.862. The van der Waals surface area contributed by atoms with Gasteiger partial charge in [-0.2, -0.15) is 9.97 Å². The number of anilines is 2. The lowest BCUT2D eigenvalue weighted by molar-refractivity contribution is 0.142. The average Bonchev–Trinajstić information content (AvgIpc) is 3.55. The number of hydrogen-bond acceptors (Lipinski definition) is 7. The number of likely N-dealkylation sites (tertiary alicyclic amines) is 1. The number of carbonyl (C=O) groups is 1. The fraction of sp³-hybridized carbons (Fsp3) is 0.536. The minimum absolute atomic E-state index is 0.380. The largest absolute Gasteiger partial charge is 0.465 e. The summed E-state index contributed by atoms with van der Waals surface area (Å²) in [5, 5.41) is 10.6. The molecular formula is C28H37N7O3. The number of H-pyrrole nitrogens is 1. The van der Waals surface area contributed by atoms with E-state index in [-0.39, 0.29) is 0 Å². The zero-order valence-electron chi connectivity index (χ0n) is 22.5. The third-order valence-electron chi connectivity index (χ3n) is 8.61. The summed E-state index contributed by atoms with van der Waals surface area (Å²) in [4.78, 5) is 33.2. The van der Waals surface area contributed by atoms with E-state index in [1.54, 1.807) is 0 Å². The van der Waals surface area contributed by atoms with Gasteiger partial charge in [-0.05, 0) is 70.0 Å². The lowest BCUT2D eigenvalue weighted by Crippen LogP contribution is -2.49. The molecule has 10 heteroatoms. The van der Waals surface area contributed by atoms with E-state index in [2.05, 4.69) is 52.7 Å². The van der Waals surface area contributed by atoms with Crippen LogP contribution in [0.25, 0.3) is 10.9 Å². The van der Waals surface area contributed by atoms with Crippen molar-refractivity contribution < 1.29 is 14.6 Å². The number of amides is 1. The van der Waals surface area contributed by atoms with Gasteiger partial charge in [0, 0.05) is 67.1 Å². The number of nitrogens with zero attached hydrogens (tertiary/aromatic N) is 6. The number of piperazine rings is 1. The first-order valence-electron chi connectivity index (χ1n) is 13.7. The highest BCUT2D eigenvalue weighted by molar-refractivity contribution is 5.95. The van der Waals surface area contributed by atoms with Crippen LogP contribution in [0.15, 0.2) is 18.3 Å². The van der Waals surface area contributed by atoms with E-state index in [9.17, 15) is 9.90 Å². The second kappa shape index (κ2) is 9.98. The Hall–Kier alpha value is -3.53. The number of fused-ring (bicyclic) bond motifs is 2. The van der Waals surface area contributed by atoms with Gasteiger partial charge in [0.25, 0.3) is 0 Å². The average molecular weight is 520 g/mol. The molecule has 2 fully saturated rings. The summed E-state index contributed by atoms with van der Waals surface area (Å²) in [7, 11) is 2.14. The summed E-state index contributed by atoms with van der Waals surface area (Å²) in [5.41, 5.74) is 7.13. The van der Waals surface area contributed by atoms with Gasteiger partial charge < -0.3 is 34.4 Å². The maximum Gasteiger partial charge on any atom is 0.407 e. The molecule has 10 nitrogen and oxygen atoms in total. The molecule has 0 spiro atoms. The molecule has 0 saturated carbocycles. The van der Waals surface area contributed by atoms with Crippen LogP contribution in [0.5, 0.6) is 6.01 Å². The molecule has 3 aromatic rings. The second-order valence-corrected chi connectivity index (χ2v) is 10.9. The molecule has 1 atom stereocenters. The van der Waals surface area contributed by atoms with Crippen LogP contribution < -0.4 is 14.5 Å². The van der Waals surface area contributed by atoms with E-state index in [0.29, 0.717) is 51.4 Å². The molecular weight excluding hydrogens is 482 g/mol. The highest BCUT2D eigenvalue weighted by atomic mass is 16.5. The SMILES string of the molecule is Cc1cc2[nH]ccc2c(N2CCc3c(nc(OC[C@@H]4CCCN4C)nc3N3CCN(C(=O)O)CC3)C2)c1C. The third-order valence-corrected chi connectivity index (χ3v) is 8.61. The molecule has 2 N–H and O–H groups in total. The molecule has 3 aliphatic rings. The van der Waals surface area contributed by atoms with Gasteiger partial charge in [0.2, 0.25) is 0 Å². The molecule has 3 aliphatic heterocycles. The molecule has 38 heavy (non-hydrogen) atoms. The molecule has 5 heterocycles. The number of carboxylic acid groups (broad SMARTS) is 1. The van der Waals surface area contributed by atoms with E-state index in [4.69, 9.17) is 14.7 Å². The lowest BCUT2D eigenvalue weighted by Gasteiger charge is -2.37. The van der Waals surface area contributed by atoms with Gasteiger partial charge >= 0.3 is 12.1 Å². The van der Waals surface area contributed by atoms with Crippen molar-refractivity contribution >= 4 is 28.5 Å². The highest BCUT2D eigenvalue weighted by Crippen LogP contribution is 2.37. The van der Waals surface area contributed by atoms with Gasteiger partial charge in [-0.1, -0.05) is 0 Å². The summed E-state index contributed by atoms with van der Waals surface area (Å²) in [5.74, 6) is 0.905. The molecule has 6 rings (SSSR count). The normalized spacial score (nSPS) is 20.3. The maximum absolute atomic E-state index is 11.5. The van der Waals surface area contributed by atoms with Crippen LogP contribution in [0, 0.1) is 13.8 Å². The topological polar surface area (TPSA) is 101 Å². The number of benzene rings is 1. The van der Waals surface area contributed by atoms with Crippen LogP contribution in [0.1, 0.15) is 35.2 Å². The van der Waals surface area contributed by atoms with Crippen molar-refractivity contribution in [3.63, 3.8) is 0 Å². The summed E-state index contributed by atoms with van der Waals surface area (Å²) in [6.07, 6.45) is 4.29. The van der Waals surface area contributed by atoms with E-state index in [0.717, 1.165) is 48.5 Å². The summed E-state index contributed by atoms with van der Waals surface area (Å²) >= 11 is 0. The van der Waals surface area contributed by atoms with Crippen molar-refractivity contribution in [1.29, 1.82) is 0 Å². The third kappa shape index (κ3) is 4.51. The van der Waals surface area contributed by atoms with Gasteiger partial charge in [-0.3, -0.25) is 0 Å². The molecule has 0 radical (unpaired) electrons. The second-order valence-electron chi connectivity index (χ2n) is 10.9. The van der Waals surface area contributed by atoms with Gasteiger partial charge in [0.05, 0.1) is 12.2 Å². The first-order valence-corrected chi connectivity index (χ1v) is 13.7. The molecule has 1 amide bonds. The van der Waals surface area contributed by atoms with Gasteiger partial charge in [-0.15, -0.1) is 0 Å². The number of ether oxygens (including phenoxy) is 1. The standard InChI is InChI=1S/C28H37N7O3/c1-18-15-23-21(6-8-29-23)25(19(18)2)35-10-7-22-24(16-35)30-27(38-17-20-5-4-9-32(20)3)31-26(22)33-11-13-34(14-12-33)28(36)37/h6,8,15,20,29H,4-5,7,9-14,16-17H2,1-3H3,(H,36,37)/t20-/m0/s1. The van der Waals surface area contributed by atoms with E-state index < -0.39 is 6.09 Å². The molecule has 1 aromatic carbocycles. The maximum atomic E-state index is 11.5. The summed E-state index contributed by atoms with van der Waals surface area (Å²) in [6.45, 7) is 9.76. The zero-order valence-corrected chi connectivity index (χ0v) is 22.5. The Bertz CT molecular complexity index is 1350. The summed E-state index contributed by atoms with van der Waals surface area (Å²) in [6, 6.07) is 5.18. The number of aromatic nitrogens is 3. The predicted octanol–water partition coefficient (Wildman–Crippen LogP) is 3.41. The molecule has 0 unspecified atom stereocenters. The van der Waals surface area contributed by atoms with E-state index in [1.807, 2.05) is 6.20 Å². The van der Waals surface area contributed by atoms with Gasteiger partial charge in [0.1, 0.15) is 12.4 Å². The Morgan fingerprint density at radius 2 is 1.95 bits per heavy atom. The smallest absolute Gasteiger partial charge is 0.407 e. The number of nitrogens with one attached hydrogen (secondary N) is 1. The monoisotopic (exact) mass is 519 g/mol. The molecule has 0 aliphatic carbocycles. The van der Waals surface area contributed by atoms with Crippen LogP contribution in [0.2, 0.25) is 0 Å². The van der Waals surface area contributed by atoms with Crippen molar-refractivity contribution in [1.82, 2.24) is 24.8 Å². The lowest BCUT2D eigenvalue weighted by atomic mass is 9.99. The van der Waals surface area contributed by atoms with Crippen molar-refractivity contribution in [3.05, 3.63) is 40.7 Å². The Balaban J connectivity index is 1.33. The van der Waals surface area contributed by atoms with Crippen LogP contribution in [0.3, 0.4) is 0 Å². The molecule has 2 saturated heterocycles. The van der Waals surface area contributed by atoms with E-state index >= 15 is 0 Å². The Labute approximate surface area is 223 Å². The zero-order chi connectivity index (χ0) is 26.4. The van der Waals surface area contributed by atoms with Crippen molar-refractivity contribution in [2.24, 2.45) is 0 Å². The fourth-order valence-electron chi connectivity index (χ4n) is 6.20. The van der Waals surface area contributed by atoms with E-state index in [1.165, 1.54) is 33.5 Å². The Kier molecular flexibility index (Phi) is 6.51. The molecule has 202 valence electrons. The molecule has 2 aromatic heterocycles. The summed E-state index contributed by atoms with van der Waals surface area (Å²) < 4.78 is 6.24. The van der Waals surface area contributed by atoms with Crippen LogP contribution in [-0.2, 0) is 13.0 Å². The quantitative estimate of drug-likeness (QED) is 0.529. The van der Waals surface area contributed by atoms with Gasteiger partial charge in [0.15, 0.2) is 0 Å². The number of rotatable bonds is 5. The number of hydrogen-bond donors (Lipinski definition) is 2. The van der Waals surface area contributed by atoms with Crippen molar-refractivity contribution in [2.45, 2.75) is 45.7 Å². The number of aromatic amines is 1. The van der Waals surface area contributed by atoms with Crippen LogP contribution in [-0.4, -0.2) is 94.9 Å². The minimum Gasteiger partial charge on any atom is -0.465 e. The first kappa shape index (κ1) is 24.8. The molecule has 0 bridgehead atoms. The predicted molar refractivity (Wildman–Crippen MR) is 148 cm³/mol. The Morgan fingerprint density at radius 1 is 1.13 bits per heavy atom. The van der Waals surface area contributed by atoms with Gasteiger partial charge in [-0.25, -0.2) is 4.79 Å². The number of aryl methyl sites for hydroxylation is 1. The van der Waals surface area contributed by atoms with Crippen molar-refractivity contribution in [2.75, 3.05) is 62.7 Å². The number of likely N-dealkylation sites (N-methyl/N-ethyl adjacent to an activating group) is 1. The fourth-order valence-corrected chi connectivity index (χ4v) is 6.20.